The lowest BCUT2D eigenvalue weighted by atomic mass is 10.2. The van der Waals surface area contributed by atoms with Gasteiger partial charge in [-0.15, -0.1) is 0 Å². The molecule has 0 heterocycles. The van der Waals surface area contributed by atoms with Crippen molar-refractivity contribution in [3.63, 3.8) is 0 Å². The van der Waals surface area contributed by atoms with E-state index >= 15 is 0 Å². The zero-order valence-electron chi connectivity index (χ0n) is 8.34. The van der Waals surface area contributed by atoms with Gasteiger partial charge in [-0.3, -0.25) is 4.79 Å². The SMILES string of the molecule is CCCCC/C=C/C(=O)N(C)C. The Kier molecular flexibility index (Phi) is 6.44. The minimum Gasteiger partial charge on any atom is -0.345 e. The van der Waals surface area contributed by atoms with Crippen molar-refractivity contribution in [2.45, 2.75) is 32.6 Å². The molecule has 0 N–H and O–H groups in total. The van der Waals surface area contributed by atoms with E-state index in [1.807, 2.05) is 6.08 Å². The van der Waals surface area contributed by atoms with Gasteiger partial charge in [0.1, 0.15) is 0 Å². The van der Waals surface area contributed by atoms with E-state index in [0.29, 0.717) is 0 Å². The predicted molar refractivity (Wildman–Crippen MR) is 52.0 cm³/mol. The largest absolute Gasteiger partial charge is 0.345 e. The molecule has 0 aromatic heterocycles. The van der Waals surface area contributed by atoms with Crippen LogP contribution in [0.15, 0.2) is 12.2 Å². The van der Waals surface area contributed by atoms with Crippen molar-refractivity contribution in [2.75, 3.05) is 14.1 Å². The van der Waals surface area contributed by atoms with E-state index in [1.54, 1.807) is 25.1 Å². The molecule has 0 aliphatic rings. The number of hydrogen-bond donors (Lipinski definition) is 0. The fraction of sp³-hybridized carbons (Fsp3) is 0.700. The number of hydrogen-bond acceptors (Lipinski definition) is 1. The van der Waals surface area contributed by atoms with E-state index in [2.05, 4.69) is 6.92 Å². The molecule has 0 bridgehead atoms. The number of rotatable bonds is 5. The average molecular weight is 169 g/mol. The van der Waals surface area contributed by atoms with Crippen molar-refractivity contribution < 1.29 is 4.79 Å². The predicted octanol–water partition coefficient (Wildman–Crippen LogP) is 2.21. The molecule has 0 unspecified atom stereocenters. The molecule has 0 saturated carbocycles. The fourth-order valence-corrected chi connectivity index (χ4v) is 0.845. The second-order valence-corrected chi connectivity index (χ2v) is 3.13. The summed E-state index contributed by atoms with van der Waals surface area (Å²) in [5.41, 5.74) is 0. The lowest BCUT2D eigenvalue weighted by molar-refractivity contribution is -0.123. The van der Waals surface area contributed by atoms with Gasteiger partial charge in [0.25, 0.3) is 0 Å². The summed E-state index contributed by atoms with van der Waals surface area (Å²) in [7, 11) is 3.53. The molecule has 0 saturated heterocycles. The first kappa shape index (κ1) is 11.2. The van der Waals surface area contributed by atoms with Gasteiger partial charge in [-0.1, -0.05) is 25.8 Å². The molecule has 70 valence electrons. The molecule has 2 nitrogen and oxygen atoms in total. The number of likely N-dealkylation sites (N-methyl/N-ethyl adjacent to an activating group) is 1. The zero-order chi connectivity index (χ0) is 9.40. The lowest BCUT2D eigenvalue weighted by Gasteiger charge is -2.04. The highest BCUT2D eigenvalue weighted by Crippen LogP contribution is 1.99. The van der Waals surface area contributed by atoms with Gasteiger partial charge < -0.3 is 4.90 Å². The van der Waals surface area contributed by atoms with E-state index in [4.69, 9.17) is 0 Å². The summed E-state index contributed by atoms with van der Waals surface area (Å²) in [6.07, 6.45) is 8.30. The molecule has 1 amide bonds. The van der Waals surface area contributed by atoms with Gasteiger partial charge >= 0.3 is 0 Å². The van der Waals surface area contributed by atoms with E-state index in [1.165, 1.54) is 19.3 Å². The number of nitrogens with zero attached hydrogens (tertiary/aromatic N) is 1. The number of amides is 1. The van der Waals surface area contributed by atoms with Crippen LogP contribution in [0.25, 0.3) is 0 Å². The van der Waals surface area contributed by atoms with Gasteiger partial charge in [0.2, 0.25) is 5.91 Å². The van der Waals surface area contributed by atoms with Gasteiger partial charge in [0, 0.05) is 14.1 Å². The van der Waals surface area contributed by atoms with E-state index in [9.17, 15) is 4.79 Å². The highest BCUT2D eigenvalue weighted by Gasteiger charge is 1.94. The maximum Gasteiger partial charge on any atom is 0.245 e. The third-order valence-electron chi connectivity index (χ3n) is 1.68. The Morgan fingerprint density at radius 1 is 1.33 bits per heavy atom. The Morgan fingerprint density at radius 2 is 2.00 bits per heavy atom. The van der Waals surface area contributed by atoms with Crippen LogP contribution in [0.2, 0.25) is 0 Å². The highest BCUT2D eigenvalue weighted by atomic mass is 16.2. The van der Waals surface area contributed by atoms with Crippen molar-refractivity contribution >= 4 is 5.91 Å². The molecule has 0 radical (unpaired) electrons. The number of carbonyl (C=O) groups is 1. The minimum absolute atomic E-state index is 0.0755. The van der Waals surface area contributed by atoms with Crippen LogP contribution in [0, 0.1) is 0 Å². The van der Waals surface area contributed by atoms with E-state index < -0.39 is 0 Å². The molecule has 2 heteroatoms. The van der Waals surface area contributed by atoms with Crippen LogP contribution in [0.1, 0.15) is 32.6 Å². The molecule has 0 fully saturated rings. The number of allylic oxidation sites excluding steroid dienone is 1. The fourth-order valence-electron chi connectivity index (χ4n) is 0.845. The Labute approximate surface area is 75.3 Å². The second kappa shape index (κ2) is 6.89. The molecule has 0 aliphatic carbocycles. The van der Waals surface area contributed by atoms with Gasteiger partial charge in [-0.05, 0) is 18.9 Å². The summed E-state index contributed by atoms with van der Waals surface area (Å²) in [4.78, 5) is 12.6. The first-order valence-corrected chi connectivity index (χ1v) is 4.56. The molecule has 0 aliphatic heterocycles. The maximum absolute atomic E-state index is 11.0. The summed E-state index contributed by atoms with van der Waals surface area (Å²) in [6, 6.07) is 0. The molecular formula is C10H19NO. The second-order valence-electron chi connectivity index (χ2n) is 3.13. The molecule has 0 atom stereocenters. The van der Waals surface area contributed by atoms with Crippen molar-refractivity contribution in [1.29, 1.82) is 0 Å². The molecule has 12 heavy (non-hydrogen) atoms. The first-order valence-electron chi connectivity index (χ1n) is 4.56. The minimum atomic E-state index is 0.0755. The maximum atomic E-state index is 11.0. The average Bonchev–Trinajstić information content (AvgIpc) is 2.03. The van der Waals surface area contributed by atoms with Gasteiger partial charge in [0.15, 0.2) is 0 Å². The summed E-state index contributed by atoms with van der Waals surface area (Å²) in [5, 5.41) is 0. The van der Waals surface area contributed by atoms with Crippen LogP contribution in [-0.4, -0.2) is 24.9 Å². The monoisotopic (exact) mass is 169 g/mol. The Hall–Kier alpha value is -0.790. The van der Waals surface area contributed by atoms with Crippen molar-refractivity contribution in [1.82, 2.24) is 4.90 Å². The van der Waals surface area contributed by atoms with Crippen LogP contribution in [-0.2, 0) is 4.79 Å². The Balaban J connectivity index is 3.42. The third kappa shape index (κ3) is 5.96. The first-order chi connectivity index (χ1) is 5.68. The number of unbranched alkanes of at least 4 members (excludes halogenated alkanes) is 3. The summed E-state index contributed by atoms with van der Waals surface area (Å²) < 4.78 is 0. The van der Waals surface area contributed by atoms with Crippen LogP contribution < -0.4 is 0 Å². The summed E-state index contributed by atoms with van der Waals surface area (Å²) in [5.74, 6) is 0.0755. The third-order valence-corrected chi connectivity index (χ3v) is 1.68. The lowest BCUT2D eigenvalue weighted by Crippen LogP contribution is -2.18. The smallest absolute Gasteiger partial charge is 0.245 e. The van der Waals surface area contributed by atoms with Crippen LogP contribution in [0.5, 0.6) is 0 Å². The van der Waals surface area contributed by atoms with Crippen molar-refractivity contribution in [3.05, 3.63) is 12.2 Å². The molecule has 0 spiro atoms. The van der Waals surface area contributed by atoms with Gasteiger partial charge in [0.05, 0.1) is 0 Å². The van der Waals surface area contributed by atoms with Crippen molar-refractivity contribution in [2.24, 2.45) is 0 Å². The zero-order valence-corrected chi connectivity index (χ0v) is 8.34. The van der Waals surface area contributed by atoms with E-state index in [0.717, 1.165) is 6.42 Å². The van der Waals surface area contributed by atoms with Gasteiger partial charge in [-0.25, -0.2) is 0 Å². The summed E-state index contributed by atoms with van der Waals surface area (Å²) >= 11 is 0. The Morgan fingerprint density at radius 3 is 2.50 bits per heavy atom. The van der Waals surface area contributed by atoms with Crippen LogP contribution >= 0.6 is 0 Å². The van der Waals surface area contributed by atoms with Crippen LogP contribution in [0.3, 0.4) is 0 Å². The molecule has 0 aromatic carbocycles. The normalized spacial score (nSPS) is 10.6. The molecular weight excluding hydrogens is 150 g/mol. The Bertz CT molecular complexity index is 150. The topological polar surface area (TPSA) is 20.3 Å². The van der Waals surface area contributed by atoms with E-state index in [-0.39, 0.29) is 5.91 Å². The standard InChI is InChI=1S/C10H19NO/c1-4-5-6-7-8-9-10(12)11(2)3/h8-9H,4-7H2,1-3H3/b9-8+. The van der Waals surface area contributed by atoms with Crippen LogP contribution in [0.4, 0.5) is 0 Å². The number of carbonyl (C=O) groups excluding carboxylic acids is 1. The molecule has 0 aromatic rings. The quantitative estimate of drug-likeness (QED) is 0.456. The summed E-state index contributed by atoms with van der Waals surface area (Å²) in [6.45, 7) is 2.18. The molecule has 0 rings (SSSR count). The van der Waals surface area contributed by atoms with Gasteiger partial charge in [-0.2, -0.15) is 0 Å². The highest BCUT2D eigenvalue weighted by molar-refractivity contribution is 5.86. The van der Waals surface area contributed by atoms with Crippen molar-refractivity contribution in [3.8, 4) is 0 Å².